The number of aromatic nitrogens is 4. The van der Waals surface area contributed by atoms with E-state index in [9.17, 15) is 4.79 Å². The van der Waals surface area contributed by atoms with Crippen molar-refractivity contribution in [1.82, 2.24) is 20.2 Å². The number of carboxylic acids is 1. The quantitative estimate of drug-likeness (QED) is 0.808. The van der Waals surface area contributed by atoms with Crippen molar-refractivity contribution in [2.75, 3.05) is 5.75 Å². The predicted octanol–water partition coefficient (Wildman–Crippen LogP) is 0.905. The lowest BCUT2D eigenvalue weighted by Gasteiger charge is -2.03. The molecule has 1 aromatic carbocycles. The van der Waals surface area contributed by atoms with Gasteiger partial charge in [0.1, 0.15) is 0 Å². The van der Waals surface area contributed by atoms with Crippen molar-refractivity contribution in [3.05, 3.63) is 29.8 Å². The van der Waals surface area contributed by atoms with E-state index in [1.165, 1.54) is 4.68 Å². The maximum Gasteiger partial charge on any atom is 0.313 e. The fraction of sp³-hybridized carbons (Fsp3) is 0.182. The van der Waals surface area contributed by atoms with Crippen LogP contribution in [0.25, 0.3) is 5.69 Å². The first-order chi connectivity index (χ1) is 9.20. The highest BCUT2D eigenvalue weighted by molar-refractivity contribution is 7.99. The molecule has 0 aliphatic rings. The summed E-state index contributed by atoms with van der Waals surface area (Å²) in [6, 6.07) is 9.26. The number of nitrogens with zero attached hydrogens (tertiary/aromatic N) is 5. The summed E-state index contributed by atoms with van der Waals surface area (Å²) >= 11 is 1.05. The second-order valence-corrected chi connectivity index (χ2v) is 4.50. The van der Waals surface area contributed by atoms with Crippen LogP contribution >= 0.6 is 11.8 Å². The smallest absolute Gasteiger partial charge is 0.313 e. The second-order valence-electron chi connectivity index (χ2n) is 3.56. The van der Waals surface area contributed by atoms with E-state index < -0.39 is 5.97 Å². The van der Waals surface area contributed by atoms with Gasteiger partial charge in [0.2, 0.25) is 5.16 Å². The number of rotatable bonds is 5. The molecule has 1 heterocycles. The normalized spacial score (nSPS) is 10.1. The maximum absolute atomic E-state index is 10.5. The lowest BCUT2D eigenvalue weighted by Crippen LogP contribution is -2.03. The van der Waals surface area contributed by atoms with E-state index in [-0.39, 0.29) is 5.75 Å². The molecule has 0 aliphatic heterocycles. The fourth-order valence-electron chi connectivity index (χ4n) is 1.40. The average molecular weight is 275 g/mol. The Kier molecular flexibility index (Phi) is 4.10. The zero-order chi connectivity index (χ0) is 13.7. The first kappa shape index (κ1) is 13.0. The minimum absolute atomic E-state index is 0.104. The molecule has 1 aromatic heterocycles. The summed E-state index contributed by atoms with van der Waals surface area (Å²) in [7, 11) is 0. The van der Waals surface area contributed by atoms with Gasteiger partial charge in [-0.1, -0.05) is 23.9 Å². The van der Waals surface area contributed by atoms with Crippen LogP contribution in [0.1, 0.15) is 5.56 Å². The van der Waals surface area contributed by atoms with Gasteiger partial charge < -0.3 is 5.11 Å². The number of aliphatic carboxylic acids is 1. The molecule has 96 valence electrons. The number of hydrogen-bond donors (Lipinski definition) is 1. The van der Waals surface area contributed by atoms with E-state index in [0.717, 1.165) is 23.0 Å². The van der Waals surface area contributed by atoms with Crippen LogP contribution in [-0.4, -0.2) is 37.0 Å². The van der Waals surface area contributed by atoms with Crippen molar-refractivity contribution in [2.45, 2.75) is 11.6 Å². The molecule has 0 bridgehead atoms. The van der Waals surface area contributed by atoms with Gasteiger partial charge in [0.05, 0.1) is 23.9 Å². The third kappa shape index (κ3) is 3.29. The molecule has 0 amide bonds. The second kappa shape index (κ2) is 5.97. The summed E-state index contributed by atoms with van der Waals surface area (Å²) in [5.74, 6) is -1.03. The topological polar surface area (TPSA) is 105 Å². The van der Waals surface area contributed by atoms with Crippen molar-refractivity contribution < 1.29 is 9.90 Å². The number of hydrogen-bond acceptors (Lipinski definition) is 6. The molecule has 0 radical (unpaired) electrons. The molecule has 19 heavy (non-hydrogen) atoms. The zero-order valence-corrected chi connectivity index (χ0v) is 10.5. The molecule has 2 rings (SSSR count). The molecule has 7 nitrogen and oxygen atoms in total. The number of thioether (sulfide) groups is 1. The summed E-state index contributed by atoms with van der Waals surface area (Å²) in [6.07, 6.45) is 0.344. The number of benzene rings is 1. The molecule has 2 aromatic rings. The van der Waals surface area contributed by atoms with Gasteiger partial charge in [0, 0.05) is 0 Å². The van der Waals surface area contributed by atoms with Crippen LogP contribution in [-0.2, 0) is 11.2 Å². The molecule has 0 saturated heterocycles. The van der Waals surface area contributed by atoms with Crippen molar-refractivity contribution >= 4 is 17.7 Å². The standard InChI is InChI=1S/C11H9N5O2S/c12-6-5-8-1-3-9(4-2-8)16-11(13-14-15-16)19-7-10(17)18/h1-4H,5,7H2,(H,17,18). The summed E-state index contributed by atoms with van der Waals surface area (Å²) < 4.78 is 1.46. The summed E-state index contributed by atoms with van der Waals surface area (Å²) in [4.78, 5) is 10.5. The lowest BCUT2D eigenvalue weighted by atomic mass is 10.1. The van der Waals surface area contributed by atoms with E-state index in [1.807, 2.05) is 12.1 Å². The van der Waals surface area contributed by atoms with E-state index in [4.69, 9.17) is 10.4 Å². The summed E-state index contributed by atoms with van der Waals surface area (Å²) in [5, 5.41) is 28.8. The van der Waals surface area contributed by atoms with Crippen LogP contribution in [0, 0.1) is 11.3 Å². The molecule has 0 spiro atoms. The summed E-state index contributed by atoms with van der Waals surface area (Å²) in [6.45, 7) is 0. The highest BCUT2D eigenvalue weighted by Gasteiger charge is 2.10. The Bertz CT molecular complexity index is 617. The van der Waals surface area contributed by atoms with Gasteiger partial charge in [-0.15, -0.1) is 5.10 Å². The molecule has 0 unspecified atom stereocenters. The van der Waals surface area contributed by atoms with Crippen LogP contribution in [0.2, 0.25) is 0 Å². The van der Waals surface area contributed by atoms with Crippen molar-refractivity contribution in [3.63, 3.8) is 0 Å². The first-order valence-electron chi connectivity index (χ1n) is 5.30. The number of nitriles is 1. The van der Waals surface area contributed by atoms with E-state index in [0.29, 0.717) is 11.6 Å². The van der Waals surface area contributed by atoms with Crippen molar-refractivity contribution in [1.29, 1.82) is 5.26 Å². The SMILES string of the molecule is N#CCc1ccc(-n2nnnc2SCC(=O)O)cc1. The van der Waals surface area contributed by atoms with E-state index in [1.54, 1.807) is 12.1 Å². The third-order valence-electron chi connectivity index (χ3n) is 2.23. The molecule has 0 saturated carbocycles. The van der Waals surface area contributed by atoms with Crippen LogP contribution in [0.4, 0.5) is 0 Å². The number of tetrazole rings is 1. The Morgan fingerprint density at radius 1 is 1.42 bits per heavy atom. The average Bonchev–Trinajstić information content (AvgIpc) is 2.86. The Balaban J connectivity index is 2.20. The molecule has 0 aliphatic carbocycles. The highest BCUT2D eigenvalue weighted by Crippen LogP contribution is 2.18. The van der Waals surface area contributed by atoms with Crippen molar-refractivity contribution in [3.8, 4) is 11.8 Å². The largest absolute Gasteiger partial charge is 0.481 e. The van der Waals surface area contributed by atoms with Crippen LogP contribution in [0.5, 0.6) is 0 Å². The molecule has 0 atom stereocenters. The fourth-order valence-corrected chi connectivity index (χ4v) is 2.01. The third-order valence-corrected chi connectivity index (χ3v) is 3.13. The first-order valence-corrected chi connectivity index (χ1v) is 6.28. The Labute approximate surface area is 112 Å². The van der Waals surface area contributed by atoms with Crippen LogP contribution in [0.15, 0.2) is 29.4 Å². The van der Waals surface area contributed by atoms with Gasteiger partial charge in [0.15, 0.2) is 0 Å². The van der Waals surface area contributed by atoms with Crippen LogP contribution in [0.3, 0.4) is 0 Å². The Morgan fingerprint density at radius 2 is 2.16 bits per heavy atom. The van der Waals surface area contributed by atoms with Crippen molar-refractivity contribution in [2.24, 2.45) is 0 Å². The monoisotopic (exact) mass is 275 g/mol. The van der Waals surface area contributed by atoms with Gasteiger partial charge in [-0.3, -0.25) is 4.79 Å². The summed E-state index contributed by atoms with van der Waals surface area (Å²) in [5.41, 5.74) is 1.62. The van der Waals surface area contributed by atoms with Gasteiger partial charge in [0.25, 0.3) is 0 Å². The van der Waals surface area contributed by atoms with Gasteiger partial charge >= 0.3 is 5.97 Å². The predicted molar refractivity (Wildman–Crippen MR) is 66.8 cm³/mol. The molecule has 0 fully saturated rings. The maximum atomic E-state index is 10.5. The molecular weight excluding hydrogens is 266 g/mol. The lowest BCUT2D eigenvalue weighted by molar-refractivity contribution is -0.133. The molecular formula is C11H9N5O2S. The van der Waals surface area contributed by atoms with E-state index in [2.05, 4.69) is 21.6 Å². The number of carboxylic acid groups (broad SMARTS) is 1. The van der Waals surface area contributed by atoms with Gasteiger partial charge in [-0.2, -0.15) is 9.94 Å². The minimum Gasteiger partial charge on any atom is -0.481 e. The number of carbonyl (C=O) groups is 1. The zero-order valence-electron chi connectivity index (χ0n) is 9.72. The molecule has 8 heteroatoms. The van der Waals surface area contributed by atoms with Crippen LogP contribution < -0.4 is 0 Å². The van der Waals surface area contributed by atoms with Gasteiger partial charge in [-0.05, 0) is 28.1 Å². The Morgan fingerprint density at radius 3 is 2.79 bits per heavy atom. The van der Waals surface area contributed by atoms with Gasteiger partial charge in [-0.25, -0.2) is 0 Å². The Hall–Kier alpha value is -2.40. The minimum atomic E-state index is -0.927. The molecule has 1 N–H and O–H groups in total. The highest BCUT2D eigenvalue weighted by atomic mass is 32.2. The van der Waals surface area contributed by atoms with E-state index >= 15 is 0 Å².